The van der Waals surface area contributed by atoms with Crippen LogP contribution in [-0.4, -0.2) is 26.0 Å². The molecule has 0 amide bonds. The standard InChI is InChI=1S/C14H19NO2/c1-10-3-6-14(17-9-11-4-5-11)12(7-10)13(16)8-15-2/h3,6-7,11,15H,4-5,8-9H2,1-2H3. The van der Waals surface area contributed by atoms with Crippen LogP contribution in [0.1, 0.15) is 28.8 Å². The number of nitrogens with one attached hydrogen (secondary N) is 1. The van der Waals surface area contributed by atoms with Crippen molar-refractivity contribution in [3.05, 3.63) is 29.3 Å². The van der Waals surface area contributed by atoms with Gasteiger partial charge in [0.2, 0.25) is 0 Å². The summed E-state index contributed by atoms with van der Waals surface area (Å²) in [6, 6.07) is 5.79. The number of ether oxygens (including phenoxy) is 1. The molecule has 0 heterocycles. The minimum absolute atomic E-state index is 0.0852. The van der Waals surface area contributed by atoms with Gasteiger partial charge < -0.3 is 10.1 Å². The fourth-order valence-corrected chi connectivity index (χ4v) is 1.74. The number of ketones is 1. The highest BCUT2D eigenvalue weighted by Crippen LogP contribution is 2.30. The first-order valence-corrected chi connectivity index (χ1v) is 6.12. The van der Waals surface area contributed by atoms with Crippen molar-refractivity contribution in [2.24, 2.45) is 5.92 Å². The Hall–Kier alpha value is -1.35. The Morgan fingerprint density at radius 2 is 2.24 bits per heavy atom. The zero-order valence-electron chi connectivity index (χ0n) is 10.5. The molecule has 3 heteroatoms. The van der Waals surface area contributed by atoms with Gasteiger partial charge >= 0.3 is 0 Å². The molecule has 1 aliphatic carbocycles. The molecule has 1 aliphatic rings. The molecule has 0 unspecified atom stereocenters. The van der Waals surface area contributed by atoms with Crippen molar-refractivity contribution in [1.82, 2.24) is 5.32 Å². The van der Waals surface area contributed by atoms with Crippen LogP contribution in [0.15, 0.2) is 18.2 Å². The highest BCUT2D eigenvalue weighted by Gasteiger charge is 2.23. The lowest BCUT2D eigenvalue weighted by atomic mass is 10.1. The van der Waals surface area contributed by atoms with Gasteiger partial charge in [0.1, 0.15) is 5.75 Å². The number of hydrogen-bond donors (Lipinski definition) is 1. The van der Waals surface area contributed by atoms with Crippen LogP contribution in [0.5, 0.6) is 5.75 Å². The second kappa shape index (κ2) is 5.32. The van der Waals surface area contributed by atoms with Crippen LogP contribution in [0, 0.1) is 12.8 Å². The Bertz CT molecular complexity index is 411. The van der Waals surface area contributed by atoms with Gasteiger partial charge in [0.25, 0.3) is 0 Å². The molecule has 0 aliphatic heterocycles. The molecule has 0 aromatic heterocycles. The molecule has 1 aromatic rings. The summed E-state index contributed by atoms with van der Waals surface area (Å²) in [6.07, 6.45) is 2.51. The molecular formula is C14H19NO2. The van der Waals surface area contributed by atoms with Crippen molar-refractivity contribution in [3.63, 3.8) is 0 Å². The first-order valence-electron chi connectivity index (χ1n) is 6.12. The van der Waals surface area contributed by atoms with E-state index in [1.54, 1.807) is 7.05 Å². The van der Waals surface area contributed by atoms with Gasteiger partial charge in [0.15, 0.2) is 5.78 Å². The van der Waals surface area contributed by atoms with E-state index in [2.05, 4.69) is 5.32 Å². The Balaban J connectivity index is 2.13. The Labute approximate surface area is 102 Å². The minimum Gasteiger partial charge on any atom is -0.493 e. The Morgan fingerprint density at radius 3 is 2.88 bits per heavy atom. The number of benzene rings is 1. The lowest BCUT2D eigenvalue weighted by molar-refractivity contribution is 0.0989. The average Bonchev–Trinajstić information content (AvgIpc) is 3.11. The van der Waals surface area contributed by atoms with E-state index in [1.165, 1.54) is 12.8 Å². The van der Waals surface area contributed by atoms with E-state index in [0.717, 1.165) is 17.9 Å². The van der Waals surface area contributed by atoms with Crippen LogP contribution in [-0.2, 0) is 0 Å². The van der Waals surface area contributed by atoms with Gasteiger partial charge in [-0.25, -0.2) is 0 Å². The maximum Gasteiger partial charge on any atom is 0.180 e. The third-order valence-electron chi connectivity index (χ3n) is 2.94. The molecule has 1 aromatic carbocycles. The third kappa shape index (κ3) is 3.30. The molecule has 1 saturated carbocycles. The monoisotopic (exact) mass is 233 g/mol. The average molecular weight is 233 g/mol. The molecule has 17 heavy (non-hydrogen) atoms. The van der Waals surface area contributed by atoms with Gasteiger partial charge in [0.05, 0.1) is 18.7 Å². The predicted molar refractivity (Wildman–Crippen MR) is 67.7 cm³/mol. The van der Waals surface area contributed by atoms with Crippen molar-refractivity contribution >= 4 is 5.78 Å². The van der Waals surface area contributed by atoms with E-state index in [1.807, 2.05) is 25.1 Å². The van der Waals surface area contributed by atoms with Crippen LogP contribution >= 0.6 is 0 Å². The van der Waals surface area contributed by atoms with E-state index in [-0.39, 0.29) is 5.78 Å². The zero-order chi connectivity index (χ0) is 12.3. The number of likely N-dealkylation sites (N-methyl/N-ethyl adjacent to an activating group) is 1. The van der Waals surface area contributed by atoms with Crippen LogP contribution in [0.4, 0.5) is 0 Å². The highest BCUT2D eigenvalue weighted by atomic mass is 16.5. The fourth-order valence-electron chi connectivity index (χ4n) is 1.74. The molecule has 1 N–H and O–H groups in total. The lowest BCUT2D eigenvalue weighted by Gasteiger charge is -2.11. The van der Waals surface area contributed by atoms with Crippen molar-refractivity contribution in [2.75, 3.05) is 20.2 Å². The van der Waals surface area contributed by atoms with Gasteiger partial charge in [-0.3, -0.25) is 4.79 Å². The number of carbonyl (C=O) groups is 1. The van der Waals surface area contributed by atoms with Gasteiger partial charge in [-0.05, 0) is 44.9 Å². The Morgan fingerprint density at radius 1 is 1.47 bits per heavy atom. The van der Waals surface area contributed by atoms with E-state index in [4.69, 9.17) is 4.74 Å². The summed E-state index contributed by atoms with van der Waals surface area (Å²) in [5.41, 5.74) is 1.78. The summed E-state index contributed by atoms with van der Waals surface area (Å²) in [5.74, 6) is 1.51. The number of Topliss-reactive ketones (excluding diaryl/α,β-unsaturated/α-hetero) is 1. The molecule has 92 valence electrons. The molecule has 1 fully saturated rings. The SMILES string of the molecule is CNCC(=O)c1cc(C)ccc1OCC1CC1. The van der Waals surface area contributed by atoms with Crippen LogP contribution < -0.4 is 10.1 Å². The van der Waals surface area contributed by atoms with E-state index >= 15 is 0 Å². The molecule has 0 radical (unpaired) electrons. The van der Waals surface area contributed by atoms with Gasteiger partial charge in [0, 0.05) is 0 Å². The van der Waals surface area contributed by atoms with Gasteiger partial charge in [-0.2, -0.15) is 0 Å². The maximum absolute atomic E-state index is 11.9. The van der Waals surface area contributed by atoms with E-state index in [9.17, 15) is 4.79 Å². The zero-order valence-corrected chi connectivity index (χ0v) is 10.5. The second-order valence-corrected chi connectivity index (χ2v) is 4.71. The molecule has 0 atom stereocenters. The Kier molecular flexibility index (Phi) is 3.79. The highest BCUT2D eigenvalue weighted by molar-refractivity contribution is 6.00. The van der Waals surface area contributed by atoms with Crippen molar-refractivity contribution < 1.29 is 9.53 Å². The summed E-state index contributed by atoms with van der Waals surface area (Å²) >= 11 is 0. The van der Waals surface area contributed by atoms with E-state index < -0.39 is 0 Å². The topological polar surface area (TPSA) is 38.3 Å². The summed E-state index contributed by atoms with van der Waals surface area (Å²) in [5, 5.41) is 2.88. The largest absolute Gasteiger partial charge is 0.493 e. The molecular weight excluding hydrogens is 214 g/mol. The van der Waals surface area contributed by atoms with Crippen molar-refractivity contribution in [3.8, 4) is 5.75 Å². The van der Waals surface area contributed by atoms with Crippen LogP contribution in [0.2, 0.25) is 0 Å². The smallest absolute Gasteiger partial charge is 0.180 e. The van der Waals surface area contributed by atoms with Crippen LogP contribution in [0.3, 0.4) is 0 Å². The normalized spacial score (nSPS) is 14.7. The number of rotatable bonds is 6. The maximum atomic E-state index is 11.9. The van der Waals surface area contributed by atoms with Crippen molar-refractivity contribution in [2.45, 2.75) is 19.8 Å². The van der Waals surface area contributed by atoms with Crippen molar-refractivity contribution in [1.29, 1.82) is 0 Å². The molecule has 0 saturated heterocycles. The fraction of sp³-hybridized carbons (Fsp3) is 0.500. The van der Waals surface area contributed by atoms with E-state index in [0.29, 0.717) is 18.0 Å². The molecule has 3 nitrogen and oxygen atoms in total. The number of carbonyl (C=O) groups excluding carboxylic acids is 1. The molecule has 0 spiro atoms. The lowest BCUT2D eigenvalue weighted by Crippen LogP contribution is -2.19. The minimum atomic E-state index is 0.0852. The predicted octanol–water partition coefficient (Wildman–Crippen LogP) is 2.19. The summed E-state index contributed by atoms with van der Waals surface area (Å²) in [4.78, 5) is 11.9. The van der Waals surface area contributed by atoms with Crippen LogP contribution in [0.25, 0.3) is 0 Å². The van der Waals surface area contributed by atoms with Gasteiger partial charge in [-0.1, -0.05) is 11.6 Å². The third-order valence-corrected chi connectivity index (χ3v) is 2.94. The summed E-state index contributed by atoms with van der Waals surface area (Å²) in [6.45, 7) is 3.08. The summed E-state index contributed by atoms with van der Waals surface area (Å²) in [7, 11) is 1.78. The number of hydrogen-bond acceptors (Lipinski definition) is 3. The first-order chi connectivity index (χ1) is 8.20. The molecule has 0 bridgehead atoms. The van der Waals surface area contributed by atoms with Gasteiger partial charge in [-0.15, -0.1) is 0 Å². The molecule has 2 rings (SSSR count). The summed E-state index contributed by atoms with van der Waals surface area (Å²) < 4.78 is 5.73. The second-order valence-electron chi connectivity index (χ2n) is 4.71. The number of aryl methyl sites for hydroxylation is 1. The first kappa shape index (κ1) is 12.1. The quantitative estimate of drug-likeness (QED) is 0.765.